The number of aromatic hydroxyl groups is 2. The predicted octanol–water partition coefficient (Wildman–Crippen LogP) is -0.622. The Morgan fingerprint density at radius 1 is 1.09 bits per heavy atom. The van der Waals surface area contributed by atoms with Gasteiger partial charge in [-0.1, -0.05) is 29.5 Å². The van der Waals surface area contributed by atoms with Gasteiger partial charge in [-0.05, 0) is 24.3 Å². The predicted molar refractivity (Wildman–Crippen MR) is 148 cm³/mol. The lowest BCUT2D eigenvalue weighted by Gasteiger charge is -2.16. The van der Waals surface area contributed by atoms with E-state index < -0.39 is 53.1 Å². The van der Waals surface area contributed by atoms with Gasteiger partial charge in [-0.2, -0.15) is 23.1 Å². The third-order valence-corrected chi connectivity index (χ3v) is 7.52. The molecule has 4 atom stereocenters. The van der Waals surface area contributed by atoms with Gasteiger partial charge in [-0.25, -0.2) is 9.71 Å². The standard InChI is InChI=1S/C25H23N9O9S/c26-21-18-22(29-25(28-21)34-9-15(30-32-34)12-4-3-5-13(35)8-12)33(11-27-18)24-20(38)19(37)17(43-24)10-42-44(40,41)31-23(39)14-6-1-2-7-16(14)36/h1-9,11,17,19-20,24,35-38H,10H2,(H,31,39)(H2,26,28,29). The number of aromatic nitrogens is 7. The second-order valence-electron chi connectivity index (χ2n) is 9.56. The number of rotatable bonds is 8. The summed E-state index contributed by atoms with van der Waals surface area (Å²) < 4.78 is 39.4. The molecule has 5 aromatic rings. The molecular weight excluding hydrogens is 602 g/mol. The van der Waals surface area contributed by atoms with Crippen molar-refractivity contribution >= 4 is 33.2 Å². The van der Waals surface area contributed by atoms with E-state index in [-0.39, 0.29) is 34.2 Å². The van der Waals surface area contributed by atoms with Gasteiger partial charge in [0.2, 0.25) is 0 Å². The molecule has 1 saturated heterocycles. The Balaban J connectivity index is 1.20. The topological polar surface area (TPSA) is 263 Å². The molecule has 0 saturated carbocycles. The molecule has 6 rings (SSSR count). The van der Waals surface area contributed by atoms with Gasteiger partial charge >= 0.3 is 10.3 Å². The highest BCUT2D eigenvalue weighted by Gasteiger charge is 2.45. The van der Waals surface area contributed by atoms with Crippen molar-refractivity contribution in [2.75, 3.05) is 12.3 Å². The number of para-hydroxylation sites is 1. The number of nitrogens with one attached hydrogen (secondary N) is 1. The molecule has 0 radical (unpaired) electrons. The molecule has 1 aliphatic heterocycles. The summed E-state index contributed by atoms with van der Waals surface area (Å²) in [4.78, 5) is 25.1. The molecule has 18 nitrogen and oxygen atoms in total. The fourth-order valence-corrected chi connectivity index (χ4v) is 5.20. The van der Waals surface area contributed by atoms with Crippen LogP contribution in [0.5, 0.6) is 11.5 Å². The average Bonchev–Trinajstić information content (AvgIpc) is 3.71. The first kappa shape index (κ1) is 28.9. The molecule has 1 amide bonds. The largest absolute Gasteiger partial charge is 0.508 e. The van der Waals surface area contributed by atoms with Crippen LogP contribution in [0.3, 0.4) is 0 Å². The minimum atomic E-state index is -4.71. The van der Waals surface area contributed by atoms with E-state index in [0.29, 0.717) is 11.3 Å². The Hall–Kier alpha value is -5.21. The van der Waals surface area contributed by atoms with Crippen LogP contribution >= 0.6 is 0 Å². The number of phenolic OH excluding ortho intramolecular Hbond substituents is 2. The number of aliphatic hydroxyl groups is 2. The Morgan fingerprint density at radius 3 is 2.66 bits per heavy atom. The van der Waals surface area contributed by atoms with Gasteiger partial charge in [-0.15, -0.1) is 5.10 Å². The van der Waals surface area contributed by atoms with Crippen LogP contribution in [0.4, 0.5) is 5.82 Å². The van der Waals surface area contributed by atoms with Crippen molar-refractivity contribution in [3.05, 3.63) is 66.6 Å². The smallest absolute Gasteiger partial charge is 0.362 e. The molecule has 2 aromatic carbocycles. The summed E-state index contributed by atoms with van der Waals surface area (Å²) in [6, 6.07) is 11.7. The van der Waals surface area contributed by atoms with Crippen molar-refractivity contribution in [3.63, 3.8) is 0 Å². The summed E-state index contributed by atoms with van der Waals surface area (Å²) >= 11 is 0. The number of nitrogens with zero attached hydrogens (tertiary/aromatic N) is 7. The summed E-state index contributed by atoms with van der Waals surface area (Å²) in [7, 11) is -4.71. The van der Waals surface area contributed by atoms with Crippen molar-refractivity contribution in [1.29, 1.82) is 0 Å². The number of nitrogens with two attached hydrogens (primary N) is 1. The Morgan fingerprint density at radius 2 is 1.89 bits per heavy atom. The second kappa shape index (κ2) is 11.1. The summed E-state index contributed by atoms with van der Waals surface area (Å²) in [6.07, 6.45) is -3.16. The van der Waals surface area contributed by atoms with E-state index in [1.165, 1.54) is 58.2 Å². The monoisotopic (exact) mass is 625 g/mol. The Bertz CT molecular complexity index is 1980. The maximum Gasteiger partial charge on any atom is 0.362 e. The van der Waals surface area contributed by atoms with E-state index in [4.69, 9.17) is 14.7 Å². The van der Waals surface area contributed by atoms with Crippen LogP contribution in [0.2, 0.25) is 0 Å². The highest BCUT2D eigenvalue weighted by molar-refractivity contribution is 7.85. The molecule has 0 aliphatic carbocycles. The van der Waals surface area contributed by atoms with E-state index in [1.807, 2.05) is 0 Å². The lowest BCUT2D eigenvalue weighted by molar-refractivity contribution is -0.0468. The number of anilines is 1. The van der Waals surface area contributed by atoms with Gasteiger partial charge in [0.1, 0.15) is 41.0 Å². The number of ether oxygens (including phenoxy) is 1. The summed E-state index contributed by atoms with van der Waals surface area (Å²) in [6.45, 7) is -0.788. The molecule has 1 fully saturated rings. The second-order valence-corrected chi connectivity index (χ2v) is 10.9. The number of carbonyl (C=O) groups is 1. The molecule has 19 heteroatoms. The number of amides is 1. The minimum Gasteiger partial charge on any atom is -0.508 e. The first-order valence-corrected chi connectivity index (χ1v) is 14.1. The molecule has 0 bridgehead atoms. The fraction of sp³-hybridized carbons (Fsp3) is 0.200. The van der Waals surface area contributed by atoms with Gasteiger partial charge in [0, 0.05) is 5.56 Å². The first-order chi connectivity index (χ1) is 21.0. The van der Waals surface area contributed by atoms with Gasteiger partial charge < -0.3 is 30.9 Å². The zero-order valence-electron chi connectivity index (χ0n) is 22.2. The highest BCUT2D eigenvalue weighted by Crippen LogP contribution is 2.33. The van der Waals surface area contributed by atoms with E-state index >= 15 is 0 Å². The molecule has 44 heavy (non-hydrogen) atoms. The van der Waals surface area contributed by atoms with E-state index in [9.17, 15) is 33.6 Å². The van der Waals surface area contributed by atoms with Crippen LogP contribution in [0.25, 0.3) is 28.4 Å². The van der Waals surface area contributed by atoms with Gasteiger partial charge in [0.05, 0.1) is 24.7 Å². The number of phenols is 2. The van der Waals surface area contributed by atoms with Crippen LogP contribution in [0.1, 0.15) is 16.6 Å². The number of fused-ring (bicyclic) bond motifs is 1. The minimum absolute atomic E-state index is 0.0186. The fourth-order valence-electron chi connectivity index (χ4n) is 4.49. The summed E-state index contributed by atoms with van der Waals surface area (Å²) in [5, 5.41) is 49.0. The van der Waals surface area contributed by atoms with Crippen molar-refractivity contribution in [2.24, 2.45) is 0 Å². The highest BCUT2D eigenvalue weighted by atomic mass is 32.2. The lowest BCUT2D eigenvalue weighted by Crippen LogP contribution is -2.37. The number of hydrogen-bond acceptors (Lipinski definition) is 15. The van der Waals surface area contributed by atoms with Crippen molar-refractivity contribution in [2.45, 2.75) is 24.5 Å². The third kappa shape index (κ3) is 5.47. The quantitative estimate of drug-likeness (QED) is 0.125. The van der Waals surface area contributed by atoms with Crippen LogP contribution < -0.4 is 10.5 Å². The zero-order chi connectivity index (χ0) is 31.2. The third-order valence-electron chi connectivity index (χ3n) is 6.64. The molecule has 0 spiro atoms. The molecule has 1 aliphatic rings. The van der Waals surface area contributed by atoms with Crippen molar-refractivity contribution in [1.82, 2.24) is 39.2 Å². The van der Waals surface area contributed by atoms with Crippen molar-refractivity contribution in [3.8, 4) is 28.7 Å². The number of imidazole rings is 1. The van der Waals surface area contributed by atoms with Crippen molar-refractivity contribution < 1.29 is 42.6 Å². The molecular formula is C25H23N9O9S. The van der Waals surface area contributed by atoms with Gasteiger partial charge in [0.25, 0.3) is 11.9 Å². The number of aliphatic hydroxyl groups excluding tert-OH is 2. The van der Waals surface area contributed by atoms with Gasteiger partial charge in [-0.3, -0.25) is 13.5 Å². The van der Waals surface area contributed by atoms with E-state index in [2.05, 4.69) is 25.3 Å². The summed E-state index contributed by atoms with van der Waals surface area (Å²) in [5.74, 6) is -1.61. The van der Waals surface area contributed by atoms with Crippen LogP contribution in [-0.4, -0.2) is 94.2 Å². The molecule has 4 heterocycles. The van der Waals surface area contributed by atoms with Crippen LogP contribution in [0, 0.1) is 0 Å². The zero-order valence-corrected chi connectivity index (χ0v) is 23.1. The van der Waals surface area contributed by atoms with E-state index in [1.54, 1.807) is 16.9 Å². The Kier molecular flexibility index (Phi) is 7.31. The molecule has 4 unspecified atom stereocenters. The summed E-state index contributed by atoms with van der Waals surface area (Å²) in [5.41, 5.74) is 7.02. The average molecular weight is 626 g/mol. The number of carbonyl (C=O) groups excluding carboxylic acids is 1. The number of hydrogen-bond donors (Lipinski definition) is 6. The number of benzene rings is 2. The SMILES string of the molecule is Nc1nc(-n2cc(-c3cccc(O)c3)nn2)nc2c1ncn2C1OC(COS(=O)(=O)NC(=O)c2ccccc2O)C(O)C1O. The number of nitrogen functional groups attached to an aromatic ring is 1. The Labute approximate surface area is 247 Å². The molecule has 228 valence electrons. The van der Waals surface area contributed by atoms with Gasteiger partial charge in [0.15, 0.2) is 17.7 Å². The molecule has 7 N–H and O–H groups in total. The maximum absolute atomic E-state index is 12.4. The van der Waals surface area contributed by atoms with Crippen LogP contribution in [-0.2, 0) is 19.2 Å². The first-order valence-electron chi connectivity index (χ1n) is 12.7. The molecule has 3 aromatic heterocycles. The van der Waals surface area contributed by atoms with Crippen LogP contribution in [0.15, 0.2) is 61.1 Å². The maximum atomic E-state index is 12.4. The lowest BCUT2D eigenvalue weighted by atomic mass is 10.1. The van der Waals surface area contributed by atoms with E-state index in [0.717, 1.165) is 0 Å². The normalized spacial score (nSPS) is 20.2.